The van der Waals surface area contributed by atoms with E-state index in [2.05, 4.69) is 20.3 Å². The molecule has 1 aliphatic rings. The SMILES string of the molecule is CCCOc1nc(N)nc(NC2CCCOC2)n1. The highest BCUT2D eigenvalue weighted by atomic mass is 16.5. The molecule has 3 N–H and O–H groups in total. The predicted molar refractivity (Wildman–Crippen MR) is 67.5 cm³/mol. The zero-order valence-corrected chi connectivity index (χ0v) is 10.6. The molecule has 0 amide bonds. The molecule has 0 spiro atoms. The van der Waals surface area contributed by atoms with Gasteiger partial charge in [-0.1, -0.05) is 6.92 Å². The number of hydrogen-bond donors (Lipinski definition) is 2. The maximum absolute atomic E-state index is 5.62. The fourth-order valence-corrected chi connectivity index (χ4v) is 1.73. The van der Waals surface area contributed by atoms with Crippen molar-refractivity contribution >= 4 is 11.9 Å². The van der Waals surface area contributed by atoms with Crippen molar-refractivity contribution in [3.63, 3.8) is 0 Å². The molecule has 1 aromatic heterocycles. The summed E-state index contributed by atoms with van der Waals surface area (Å²) in [5, 5.41) is 3.19. The summed E-state index contributed by atoms with van der Waals surface area (Å²) in [6, 6.07) is 0.489. The Morgan fingerprint density at radius 2 is 2.33 bits per heavy atom. The molecule has 1 aromatic rings. The smallest absolute Gasteiger partial charge is 0.323 e. The Balaban J connectivity index is 1.99. The third-order valence-electron chi connectivity index (χ3n) is 2.56. The summed E-state index contributed by atoms with van der Waals surface area (Å²) in [7, 11) is 0. The van der Waals surface area contributed by atoms with Gasteiger partial charge in [0.15, 0.2) is 0 Å². The van der Waals surface area contributed by atoms with E-state index in [0.717, 1.165) is 25.9 Å². The monoisotopic (exact) mass is 253 g/mol. The van der Waals surface area contributed by atoms with Crippen molar-refractivity contribution < 1.29 is 9.47 Å². The Kier molecular flexibility index (Phi) is 4.52. The highest BCUT2D eigenvalue weighted by molar-refractivity contribution is 5.33. The average Bonchev–Trinajstić information content (AvgIpc) is 2.37. The van der Waals surface area contributed by atoms with Gasteiger partial charge >= 0.3 is 6.01 Å². The van der Waals surface area contributed by atoms with E-state index < -0.39 is 0 Å². The summed E-state index contributed by atoms with van der Waals surface area (Å²) in [5.41, 5.74) is 5.62. The summed E-state index contributed by atoms with van der Waals surface area (Å²) in [4.78, 5) is 12.1. The number of ether oxygens (including phenoxy) is 2. The summed E-state index contributed by atoms with van der Waals surface area (Å²) < 4.78 is 10.7. The van der Waals surface area contributed by atoms with Gasteiger partial charge in [-0.25, -0.2) is 0 Å². The summed E-state index contributed by atoms with van der Waals surface area (Å²) in [6.07, 6.45) is 2.97. The number of rotatable bonds is 5. The molecular formula is C11H19N5O2. The second kappa shape index (κ2) is 6.34. The van der Waals surface area contributed by atoms with E-state index in [0.29, 0.717) is 19.2 Å². The van der Waals surface area contributed by atoms with Crippen molar-refractivity contribution in [2.24, 2.45) is 0 Å². The minimum Gasteiger partial charge on any atom is -0.463 e. The molecule has 7 nitrogen and oxygen atoms in total. The Morgan fingerprint density at radius 1 is 1.44 bits per heavy atom. The van der Waals surface area contributed by atoms with Crippen LogP contribution in [-0.4, -0.2) is 40.8 Å². The molecule has 1 atom stereocenters. The topological polar surface area (TPSA) is 95.2 Å². The minimum atomic E-state index is 0.162. The Morgan fingerprint density at radius 3 is 3.06 bits per heavy atom. The van der Waals surface area contributed by atoms with Crippen LogP contribution in [0.5, 0.6) is 6.01 Å². The number of hydrogen-bond acceptors (Lipinski definition) is 7. The van der Waals surface area contributed by atoms with Gasteiger partial charge < -0.3 is 20.5 Å². The number of aromatic nitrogens is 3. The number of nitrogen functional groups attached to an aromatic ring is 1. The van der Waals surface area contributed by atoms with Crippen LogP contribution >= 0.6 is 0 Å². The van der Waals surface area contributed by atoms with Crippen LogP contribution in [-0.2, 0) is 4.74 Å². The molecule has 0 saturated carbocycles. The standard InChI is InChI=1S/C11H19N5O2/c1-2-5-18-11-15-9(12)14-10(16-11)13-8-4-3-6-17-7-8/h8H,2-7H2,1H3,(H3,12,13,14,15,16). The largest absolute Gasteiger partial charge is 0.463 e. The first-order chi connectivity index (χ1) is 8.78. The van der Waals surface area contributed by atoms with Gasteiger partial charge in [-0.15, -0.1) is 0 Å². The molecule has 0 bridgehead atoms. The molecule has 2 heterocycles. The maximum atomic E-state index is 5.62. The van der Waals surface area contributed by atoms with Gasteiger partial charge in [-0.2, -0.15) is 15.0 Å². The van der Waals surface area contributed by atoms with Gasteiger partial charge in [0.05, 0.1) is 19.3 Å². The second-order valence-corrected chi connectivity index (χ2v) is 4.21. The Labute approximate surface area is 106 Å². The minimum absolute atomic E-state index is 0.162. The zero-order chi connectivity index (χ0) is 12.8. The van der Waals surface area contributed by atoms with E-state index in [1.165, 1.54) is 0 Å². The van der Waals surface area contributed by atoms with Crippen molar-refractivity contribution in [3.05, 3.63) is 0 Å². The van der Waals surface area contributed by atoms with E-state index in [1.54, 1.807) is 0 Å². The highest BCUT2D eigenvalue weighted by Crippen LogP contribution is 2.14. The van der Waals surface area contributed by atoms with Crippen LogP contribution in [0.1, 0.15) is 26.2 Å². The molecule has 7 heteroatoms. The first kappa shape index (κ1) is 12.8. The number of anilines is 2. The normalized spacial score (nSPS) is 19.5. The Hall–Kier alpha value is -1.63. The van der Waals surface area contributed by atoms with E-state index in [9.17, 15) is 0 Å². The van der Waals surface area contributed by atoms with Crippen LogP contribution in [0, 0.1) is 0 Å². The molecule has 100 valence electrons. The fraction of sp³-hybridized carbons (Fsp3) is 0.727. The summed E-state index contributed by atoms with van der Waals surface area (Å²) in [6.45, 7) is 4.07. The van der Waals surface area contributed by atoms with Crippen molar-refractivity contribution in [1.29, 1.82) is 0 Å². The van der Waals surface area contributed by atoms with Gasteiger partial charge in [0.25, 0.3) is 0 Å². The van der Waals surface area contributed by atoms with Crippen LogP contribution in [0.25, 0.3) is 0 Å². The lowest BCUT2D eigenvalue weighted by Gasteiger charge is -2.23. The molecule has 18 heavy (non-hydrogen) atoms. The van der Waals surface area contributed by atoms with Gasteiger partial charge in [0.2, 0.25) is 11.9 Å². The van der Waals surface area contributed by atoms with Crippen molar-refractivity contribution in [2.75, 3.05) is 30.9 Å². The third kappa shape index (κ3) is 3.69. The van der Waals surface area contributed by atoms with Gasteiger partial charge in [-0.3, -0.25) is 0 Å². The molecule has 0 aliphatic carbocycles. The van der Waals surface area contributed by atoms with Crippen LogP contribution in [0.4, 0.5) is 11.9 Å². The van der Waals surface area contributed by atoms with Crippen molar-refractivity contribution in [1.82, 2.24) is 15.0 Å². The third-order valence-corrected chi connectivity index (χ3v) is 2.56. The van der Waals surface area contributed by atoms with Crippen LogP contribution < -0.4 is 15.8 Å². The lowest BCUT2D eigenvalue weighted by molar-refractivity contribution is 0.0873. The molecule has 0 aromatic carbocycles. The van der Waals surface area contributed by atoms with E-state index in [1.807, 2.05) is 6.92 Å². The Bertz CT molecular complexity index is 382. The zero-order valence-electron chi connectivity index (χ0n) is 10.6. The average molecular weight is 253 g/mol. The van der Waals surface area contributed by atoms with E-state index in [4.69, 9.17) is 15.2 Å². The van der Waals surface area contributed by atoms with E-state index in [-0.39, 0.29) is 18.0 Å². The predicted octanol–water partition coefficient (Wildman–Crippen LogP) is 0.833. The molecule has 1 saturated heterocycles. The van der Waals surface area contributed by atoms with Crippen LogP contribution in [0.2, 0.25) is 0 Å². The first-order valence-electron chi connectivity index (χ1n) is 6.26. The quantitative estimate of drug-likeness (QED) is 0.802. The molecule has 1 aliphatic heterocycles. The summed E-state index contributed by atoms with van der Waals surface area (Å²) >= 11 is 0. The van der Waals surface area contributed by atoms with Crippen molar-refractivity contribution in [2.45, 2.75) is 32.2 Å². The van der Waals surface area contributed by atoms with Crippen LogP contribution in [0.3, 0.4) is 0 Å². The fourth-order valence-electron chi connectivity index (χ4n) is 1.73. The number of nitrogens with zero attached hydrogens (tertiary/aromatic N) is 3. The first-order valence-corrected chi connectivity index (χ1v) is 6.26. The molecule has 1 unspecified atom stereocenters. The van der Waals surface area contributed by atoms with Gasteiger partial charge in [-0.05, 0) is 19.3 Å². The molecule has 1 fully saturated rings. The lowest BCUT2D eigenvalue weighted by Crippen LogP contribution is -2.31. The summed E-state index contributed by atoms with van der Waals surface area (Å²) in [5.74, 6) is 0.611. The maximum Gasteiger partial charge on any atom is 0.323 e. The van der Waals surface area contributed by atoms with Gasteiger partial charge in [0.1, 0.15) is 0 Å². The van der Waals surface area contributed by atoms with Crippen LogP contribution in [0.15, 0.2) is 0 Å². The second-order valence-electron chi connectivity index (χ2n) is 4.21. The highest BCUT2D eigenvalue weighted by Gasteiger charge is 2.15. The molecule has 2 rings (SSSR count). The van der Waals surface area contributed by atoms with E-state index >= 15 is 0 Å². The molecule has 0 radical (unpaired) electrons. The van der Waals surface area contributed by atoms with Crippen molar-refractivity contribution in [3.8, 4) is 6.01 Å². The van der Waals surface area contributed by atoms with Gasteiger partial charge in [0, 0.05) is 6.61 Å². The number of nitrogens with two attached hydrogens (primary N) is 1. The lowest BCUT2D eigenvalue weighted by atomic mass is 10.1. The number of nitrogens with one attached hydrogen (secondary N) is 1. The molecular weight excluding hydrogens is 234 g/mol.